The summed E-state index contributed by atoms with van der Waals surface area (Å²) in [4.78, 5) is 39.1. The van der Waals surface area contributed by atoms with Crippen LogP contribution in [0.15, 0.2) is 53.6 Å². The van der Waals surface area contributed by atoms with Crippen molar-refractivity contribution in [3.05, 3.63) is 64.8 Å². The monoisotopic (exact) mass is 634 g/mol. The molecule has 8 nitrogen and oxygen atoms in total. The highest BCUT2D eigenvalue weighted by Gasteiger charge is 2.81. The second-order valence-corrected chi connectivity index (χ2v) is 15.1. The Hall–Kier alpha value is -3.07. The molecule has 1 aromatic carbocycles. The molecule has 0 heterocycles. The zero-order chi connectivity index (χ0) is 33.9. The molecular formula is C38H50O8. The van der Waals surface area contributed by atoms with Crippen LogP contribution in [0.5, 0.6) is 0 Å². The summed E-state index contributed by atoms with van der Waals surface area (Å²) in [5.41, 5.74) is -3.98. The van der Waals surface area contributed by atoms with Crippen LogP contribution in [0.1, 0.15) is 97.6 Å². The highest BCUT2D eigenvalue weighted by atomic mass is 16.6. The van der Waals surface area contributed by atoms with Crippen LogP contribution < -0.4 is 0 Å². The third-order valence-corrected chi connectivity index (χ3v) is 12.4. The molecular weight excluding hydrogens is 584 g/mol. The molecule has 0 aliphatic heterocycles. The predicted molar refractivity (Wildman–Crippen MR) is 174 cm³/mol. The number of Topliss-reactive ketones (excluding diaryl/α,β-unsaturated/α-hetero) is 1. The fourth-order valence-corrected chi connectivity index (χ4v) is 9.13. The average Bonchev–Trinajstić information content (AvgIpc) is 3.22. The van der Waals surface area contributed by atoms with Crippen LogP contribution in [0.25, 0.3) is 6.08 Å². The Labute approximate surface area is 272 Å². The number of ether oxygens (including phenoxy) is 2. The fourth-order valence-electron chi connectivity index (χ4n) is 9.13. The van der Waals surface area contributed by atoms with Crippen molar-refractivity contribution in [1.82, 2.24) is 0 Å². The first-order chi connectivity index (χ1) is 21.4. The van der Waals surface area contributed by atoms with Crippen LogP contribution in [0, 0.1) is 29.6 Å². The number of aliphatic hydroxyl groups is 3. The molecule has 0 spiro atoms. The number of carbonyl (C=O) groups excluding carboxylic acids is 3. The molecule has 0 bridgehead atoms. The maximum absolute atomic E-state index is 13.3. The standard InChI is InChI=1S/C38H50O8/c1-23(2)25(4)20-33(41)46-31-22-30-34(6)15-14-29(45-32(40)12-11-27-10-8-9-24(3)19-27)21-28(34)13-16-37(30,43)38(44)18-17-36(42,26(5)39)35(31,38)7/h8-13,19-20,23,29-31,42-44H,14-18,21-22H2,1-7H3/b12-11+,25-20+/t29-,30?,31+,34-,35+,36+,37-,38+/m0/s1. The van der Waals surface area contributed by atoms with E-state index in [1.807, 2.05) is 58.0 Å². The van der Waals surface area contributed by atoms with E-state index in [1.54, 1.807) is 13.0 Å². The Morgan fingerprint density at radius 1 is 1.00 bits per heavy atom. The van der Waals surface area contributed by atoms with Gasteiger partial charge < -0.3 is 24.8 Å². The molecule has 0 radical (unpaired) electrons. The zero-order valence-electron chi connectivity index (χ0n) is 28.3. The lowest BCUT2D eigenvalue weighted by Gasteiger charge is -2.67. The van der Waals surface area contributed by atoms with Crippen molar-refractivity contribution in [3.8, 4) is 0 Å². The highest BCUT2D eigenvalue weighted by molar-refractivity contribution is 5.88. The van der Waals surface area contributed by atoms with Crippen molar-refractivity contribution < 1.29 is 39.2 Å². The normalized spacial score (nSPS) is 38.9. The van der Waals surface area contributed by atoms with E-state index < -0.39 is 57.4 Å². The summed E-state index contributed by atoms with van der Waals surface area (Å²) in [6.07, 6.45) is 6.97. The van der Waals surface area contributed by atoms with Crippen molar-refractivity contribution in [2.75, 3.05) is 0 Å². The first-order valence-electron chi connectivity index (χ1n) is 16.6. The Kier molecular flexibility index (Phi) is 8.84. The van der Waals surface area contributed by atoms with E-state index in [0.29, 0.717) is 19.3 Å². The second kappa shape index (κ2) is 11.9. The van der Waals surface area contributed by atoms with Gasteiger partial charge in [0.2, 0.25) is 0 Å². The second-order valence-electron chi connectivity index (χ2n) is 15.1. The lowest BCUT2D eigenvalue weighted by Crippen LogP contribution is -2.78. The summed E-state index contributed by atoms with van der Waals surface area (Å²) in [6, 6.07) is 7.84. The molecule has 4 aliphatic rings. The van der Waals surface area contributed by atoms with Gasteiger partial charge in [-0.2, -0.15) is 0 Å². The molecule has 1 unspecified atom stereocenters. The molecule has 3 N–H and O–H groups in total. The third kappa shape index (κ3) is 5.21. The number of ketones is 1. The van der Waals surface area contributed by atoms with E-state index in [-0.39, 0.29) is 37.7 Å². The number of rotatable bonds is 7. The molecule has 250 valence electrons. The maximum atomic E-state index is 13.3. The largest absolute Gasteiger partial charge is 0.459 e. The first-order valence-corrected chi connectivity index (χ1v) is 16.6. The topological polar surface area (TPSA) is 130 Å². The highest BCUT2D eigenvalue weighted by Crippen LogP contribution is 2.71. The molecule has 46 heavy (non-hydrogen) atoms. The van der Waals surface area contributed by atoms with E-state index in [4.69, 9.17) is 9.47 Å². The van der Waals surface area contributed by atoms with Crippen LogP contribution in [0.3, 0.4) is 0 Å². The summed E-state index contributed by atoms with van der Waals surface area (Å²) in [5, 5.41) is 37.1. The van der Waals surface area contributed by atoms with Crippen LogP contribution in [-0.4, -0.2) is 62.1 Å². The average molecular weight is 635 g/mol. The van der Waals surface area contributed by atoms with Gasteiger partial charge in [-0.3, -0.25) is 4.79 Å². The zero-order valence-corrected chi connectivity index (χ0v) is 28.3. The van der Waals surface area contributed by atoms with Crippen molar-refractivity contribution in [1.29, 1.82) is 0 Å². The first kappa shape index (κ1) is 34.3. The summed E-state index contributed by atoms with van der Waals surface area (Å²) in [7, 11) is 0. The van der Waals surface area contributed by atoms with Gasteiger partial charge in [-0.05, 0) is 89.2 Å². The third-order valence-electron chi connectivity index (χ3n) is 12.4. The van der Waals surface area contributed by atoms with Crippen LogP contribution in [-0.2, 0) is 23.9 Å². The maximum Gasteiger partial charge on any atom is 0.331 e. The van der Waals surface area contributed by atoms with Gasteiger partial charge in [0.25, 0.3) is 0 Å². The van der Waals surface area contributed by atoms with E-state index in [2.05, 4.69) is 6.92 Å². The summed E-state index contributed by atoms with van der Waals surface area (Å²) in [5.74, 6) is -1.98. The van der Waals surface area contributed by atoms with Gasteiger partial charge in [0.15, 0.2) is 5.78 Å². The molecule has 8 heteroatoms. The Morgan fingerprint density at radius 2 is 1.72 bits per heavy atom. The van der Waals surface area contributed by atoms with E-state index >= 15 is 0 Å². The molecule has 5 rings (SSSR count). The quantitative estimate of drug-likeness (QED) is 0.202. The molecule has 3 saturated carbocycles. The Balaban J connectivity index is 1.44. The number of hydrogen-bond acceptors (Lipinski definition) is 8. The van der Waals surface area contributed by atoms with E-state index in [9.17, 15) is 29.7 Å². The van der Waals surface area contributed by atoms with Crippen LogP contribution in [0.2, 0.25) is 0 Å². The van der Waals surface area contributed by atoms with Crippen molar-refractivity contribution in [2.45, 2.75) is 122 Å². The lowest BCUT2D eigenvalue weighted by molar-refractivity contribution is -0.314. The van der Waals surface area contributed by atoms with E-state index in [1.165, 1.54) is 19.1 Å². The SMILES string of the molecule is CC(=O)[C@]1(O)CC[C@@]2(O)[C@]1(C)[C@H](OC(=O)/C=C(\C)C(C)C)CC1[C@@]3(C)CC[C@H](OC(=O)/C=C/c4cccc(C)c4)CC3=CC[C@]12O. The fraction of sp³-hybridized carbons (Fsp3) is 0.605. The molecule has 3 fully saturated rings. The van der Waals surface area contributed by atoms with Gasteiger partial charge in [-0.25, -0.2) is 9.59 Å². The van der Waals surface area contributed by atoms with Crippen molar-refractivity contribution in [2.24, 2.45) is 22.7 Å². The molecule has 8 atom stereocenters. The van der Waals surface area contributed by atoms with Gasteiger partial charge >= 0.3 is 11.9 Å². The minimum atomic E-state index is -1.99. The summed E-state index contributed by atoms with van der Waals surface area (Å²) >= 11 is 0. The summed E-state index contributed by atoms with van der Waals surface area (Å²) in [6.45, 7) is 12.7. The molecule has 0 aromatic heterocycles. The van der Waals surface area contributed by atoms with Gasteiger partial charge in [0.1, 0.15) is 29.0 Å². The number of allylic oxidation sites excluding steroid dienone is 1. The predicted octanol–water partition coefficient (Wildman–Crippen LogP) is 5.56. The van der Waals surface area contributed by atoms with Gasteiger partial charge in [0.05, 0.1) is 5.41 Å². The Bertz CT molecular complexity index is 1510. The van der Waals surface area contributed by atoms with Crippen LogP contribution in [0.4, 0.5) is 0 Å². The minimum absolute atomic E-state index is 0.0196. The van der Waals surface area contributed by atoms with Crippen molar-refractivity contribution >= 4 is 23.8 Å². The number of esters is 2. The number of carbonyl (C=O) groups is 3. The number of benzene rings is 1. The molecule has 0 amide bonds. The van der Waals surface area contributed by atoms with E-state index in [0.717, 1.165) is 22.3 Å². The molecule has 4 aliphatic carbocycles. The summed E-state index contributed by atoms with van der Waals surface area (Å²) < 4.78 is 12.0. The minimum Gasteiger partial charge on any atom is -0.459 e. The molecule has 1 aromatic rings. The smallest absolute Gasteiger partial charge is 0.331 e. The van der Waals surface area contributed by atoms with Gasteiger partial charge in [-0.1, -0.05) is 67.8 Å². The lowest BCUT2D eigenvalue weighted by atomic mass is 9.42. The Morgan fingerprint density at radius 3 is 2.37 bits per heavy atom. The number of aryl methyl sites for hydroxylation is 1. The number of fused-ring (bicyclic) bond motifs is 5. The number of hydrogen-bond donors (Lipinski definition) is 3. The van der Waals surface area contributed by atoms with Gasteiger partial charge in [0, 0.05) is 24.5 Å². The molecule has 0 saturated heterocycles. The van der Waals surface area contributed by atoms with Crippen molar-refractivity contribution in [3.63, 3.8) is 0 Å². The van der Waals surface area contributed by atoms with Crippen LogP contribution >= 0.6 is 0 Å². The van der Waals surface area contributed by atoms with Gasteiger partial charge in [-0.15, -0.1) is 0 Å².